The standard InChI is InChI=1S/C19H18BrN3O/c1-10-7-14-15(8-11(10)2)23-18(12-3-5-13(20)6-4-12)17-16(22-14)9-21-19(17)24/h3-8,18,22-23H,9H2,1-2H3,(H,21,24). The van der Waals surface area contributed by atoms with Crippen molar-refractivity contribution in [2.24, 2.45) is 0 Å². The summed E-state index contributed by atoms with van der Waals surface area (Å²) in [5, 5.41) is 9.96. The highest BCUT2D eigenvalue weighted by molar-refractivity contribution is 9.10. The number of benzene rings is 2. The number of aryl methyl sites for hydroxylation is 2. The van der Waals surface area contributed by atoms with Gasteiger partial charge in [0.05, 0.1) is 29.5 Å². The number of halogens is 1. The Kier molecular flexibility index (Phi) is 3.61. The van der Waals surface area contributed by atoms with Gasteiger partial charge in [0, 0.05) is 10.2 Å². The van der Waals surface area contributed by atoms with Gasteiger partial charge >= 0.3 is 0 Å². The normalized spacial score (nSPS) is 19.0. The van der Waals surface area contributed by atoms with E-state index in [1.54, 1.807) is 0 Å². The number of hydrogen-bond acceptors (Lipinski definition) is 3. The largest absolute Gasteiger partial charge is 0.372 e. The third-order valence-corrected chi connectivity index (χ3v) is 5.24. The summed E-state index contributed by atoms with van der Waals surface area (Å²) in [6.07, 6.45) is 0. The van der Waals surface area contributed by atoms with Crippen LogP contribution in [0.1, 0.15) is 22.7 Å². The zero-order valence-electron chi connectivity index (χ0n) is 13.5. The van der Waals surface area contributed by atoms with E-state index in [9.17, 15) is 4.79 Å². The smallest absolute Gasteiger partial charge is 0.251 e. The van der Waals surface area contributed by atoms with Crippen LogP contribution in [0, 0.1) is 13.8 Å². The molecule has 2 aromatic carbocycles. The summed E-state index contributed by atoms with van der Waals surface area (Å²) in [5.74, 6) is -0.0147. The fourth-order valence-electron chi connectivity index (χ4n) is 3.25. The predicted octanol–water partition coefficient (Wildman–Crippen LogP) is 4.03. The van der Waals surface area contributed by atoms with Crippen LogP contribution in [0.4, 0.5) is 11.4 Å². The molecule has 0 aromatic heterocycles. The molecule has 0 aliphatic carbocycles. The minimum absolute atomic E-state index is 0.0147. The van der Waals surface area contributed by atoms with E-state index in [4.69, 9.17) is 0 Å². The number of fused-ring (bicyclic) bond motifs is 1. The van der Waals surface area contributed by atoms with Crippen LogP contribution in [0.5, 0.6) is 0 Å². The van der Waals surface area contributed by atoms with Gasteiger partial charge in [0.1, 0.15) is 0 Å². The molecule has 0 spiro atoms. The van der Waals surface area contributed by atoms with Crippen LogP contribution >= 0.6 is 15.9 Å². The van der Waals surface area contributed by atoms with Crippen molar-refractivity contribution in [2.75, 3.05) is 17.2 Å². The molecule has 0 saturated carbocycles. The number of amides is 1. The Hall–Kier alpha value is -2.27. The minimum atomic E-state index is -0.175. The van der Waals surface area contributed by atoms with Crippen molar-refractivity contribution in [3.05, 3.63) is 68.8 Å². The summed E-state index contributed by atoms with van der Waals surface area (Å²) in [7, 11) is 0. The van der Waals surface area contributed by atoms with Gasteiger partial charge in [-0.1, -0.05) is 28.1 Å². The highest BCUT2D eigenvalue weighted by Gasteiger charge is 2.33. The van der Waals surface area contributed by atoms with Crippen LogP contribution in [0.2, 0.25) is 0 Å². The second-order valence-corrected chi connectivity index (χ2v) is 7.23. The molecule has 0 saturated heterocycles. The first-order valence-corrected chi connectivity index (χ1v) is 8.74. The van der Waals surface area contributed by atoms with Crippen LogP contribution in [-0.2, 0) is 4.79 Å². The summed E-state index contributed by atoms with van der Waals surface area (Å²) in [5.41, 5.74) is 7.27. The average molecular weight is 384 g/mol. The van der Waals surface area contributed by atoms with Crippen LogP contribution in [-0.4, -0.2) is 12.5 Å². The molecule has 2 aliphatic rings. The third kappa shape index (κ3) is 2.49. The lowest BCUT2D eigenvalue weighted by Gasteiger charge is -2.21. The Balaban J connectivity index is 1.86. The molecule has 2 aliphatic heterocycles. The number of rotatable bonds is 1. The van der Waals surface area contributed by atoms with E-state index < -0.39 is 0 Å². The summed E-state index contributed by atoms with van der Waals surface area (Å²) in [4.78, 5) is 12.4. The number of hydrogen-bond donors (Lipinski definition) is 3. The molecule has 4 rings (SSSR count). The Morgan fingerprint density at radius 3 is 2.42 bits per heavy atom. The molecule has 122 valence electrons. The molecule has 1 atom stereocenters. The summed E-state index contributed by atoms with van der Waals surface area (Å²) < 4.78 is 1.02. The molecule has 0 radical (unpaired) electrons. The molecule has 0 bridgehead atoms. The predicted molar refractivity (Wildman–Crippen MR) is 100 cm³/mol. The van der Waals surface area contributed by atoms with Gasteiger partial charge in [0.15, 0.2) is 0 Å². The van der Waals surface area contributed by atoms with E-state index in [2.05, 4.69) is 57.9 Å². The van der Waals surface area contributed by atoms with Crippen LogP contribution in [0.15, 0.2) is 52.1 Å². The Morgan fingerprint density at radius 1 is 1.04 bits per heavy atom. The molecule has 24 heavy (non-hydrogen) atoms. The van der Waals surface area contributed by atoms with Gasteiger partial charge < -0.3 is 16.0 Å². The maximum atomic E-state index is 12.4. The number of carbonyl (C=O) groups excluding carboxylic acids is 1. The molecule has 0 fully saturated rings. The van der Waals surface area contributed by atoms with E-state index >= 15 is 0 Å². The zero-order chi connectivity index (χ0) is 16.8. The third-order valence-electron chi connectivity index (χ3n) is 4.71. The van der Waals surface area contributed by atoms with Gasteiger partial charge in [-0.05, 0) is 54.8 Å². The quantitative estimate of drug-likeness (QED) is 0.696. The van der Waals surface area contributed by atoms with E-state index in [-0.39, 0.29) is 11.9 Å². The Morgan fingerprint density at radius 2 is 1.71 bits per heavy atom. The van der Waals surface area contributed by atoms with Crippen LogP contribution in [0.3, 0.4) is 0 Å². The average Bonchev–Trinajstić information content (AvgIpc) is 2.82. The molecule has 2 heterocycles. The van der Waals surface area contributed by atoms with Gasteiger partial charge in [-0.3, -0.25) is 4.79 Å². The number of nitrogens with one attached hydrogen (secondary N) is 3. The molecular weight excluding hydrogens is 366 g/mol. The first-order valence-electron chi connectivity index (χ1n) is 7.94. The lowest BCUT2D eigenvalue weighted by Crippen LogP contribution is -2.24. The van der Waals surface area contributed by atoms with Gasteiger partial charge in [-0.15, -0.1) is 0 Å². The van der Waals surface area contributed by atoms with Crippen molar-refractivity contribution in [1.82, 2.24) is 5.32 Å². The van der Waals surface area contributed by atoms with E-state index in [0.717, 1.165) is 32.7 Å². The number of anilines is 2. The fourth-order valence-corrected chi connectivity index (χ4v) is 3.51. The van der Waals surface area contributed by atoms with Crippen molar-refractivity contribution in [3.8, 4) is 0 Å². The Bertz CT molecular complexity index is 871. The molecule has 2 aromatic rings. The van der Waals surface area contributed by atoms with Crippen molar-refractivity contribution in [2.45, 2.75) is 19.9 Å². The van der Waals surface area contributed by atoms with Gasteiger partial charge in [-0.2, -0.15) is 0 Å². The molecule has 1 unspecified atom stereocenters. The van der Waals surface area contributed by atoms with E-state index in [1.807, 2.05) is 24.3 Å². The zero-order valence-corrected chi connectivity index (χ0v) is 15.1. The Labute approximate surface area is 149 Å². The maximum absolute atomic E-state index is 12.4. The second kappa shape index (κ2) is 5.67. The summed E-state index contributed by atoms with van der Waals surface area (Å²) in [6.45, 7) is 4.74. The maximum Gasteiger partial charge on any atom is 0.251 e. The summed E-state index contributed by atoms with van der Waals surface area (Å²) in [6, 6.07) is 12.2. The first-order chi connectivity index (χ1) is 11.5. The topological polar surface area (TPSA) is 53.2 Å². The second-order valence-electron chi connectivity index (χ2n) is 6.31. The van der Waals surface area contributed by atoms with E-state index in [0.29, 0.717) is 6.54 Å². The van der Waals surface area contributed by atoms with Crippen molar-refractivity contribution in [1.29, 1.82) is 0 Å². The number of carbonyl (C=O) groups is 1. The van der Waals surface area contributed by atoms with Gasteiger partial charge in [0.2, 0.25) is 0 Å². The lowest BCUT2D eigenvalue weighted by atomic mass is 9.97. The molecule has 4 nitrogen and oxygen atoms in total. The van der Waals surface area contributed by atoms with Gasteiger partial charge in [0.25, 0.3) is 5.91 Å². The SMILES string of the molecule is Cc1cc2c(cc1C)NC(c1ccc(Br)cc1)C1=C(CNC1=O)N2. The van der Waals surface area contributed by atoms with Crippen LogP contribution in [0.25, 0.3) is 0 Å². The molecular formula is C19H18BrN3O. The molecule has 1 amide bonds. The highest BCUT2D eigenvalue weighted by Crippen LogP contribution is 2.39. The lowest BCUT2D eigenvalue weighted by molar-refractivity contribution is -0.116. The van der Waals surface area contributed by atoms with Crippen molar-refractivity contribution < 1.29 is 4.79 Å². The van der Waals surface area contributed by atoms with E-state index in [1.165, 1.54) is 11.1 Å². The fraction of sp³-hybridized carbons (Fsp3) is 0.211. The van der Waals surface area contributed by atoms with Crippen molar-refractivity contribution >= 4 is 33.2 Å². The van der Waals surface area contributed by atoms with Crippen molar-refractivity contribution in [3.63, 3.8) is 0 Å². The minimum Gasteiger partial charge on any atom is -0.372 e. The monoisotopic (exact) mass is 383 g/mol. The molecule has 3 N–H and O–H groups in total. The van der Waals surface area contributed by atoms with Crippen LogP contribution < -0.4 is 16.0 Å². The first kappa shape index (κ1) is 15.3. The summed E-state index contributed by atoms with van der Waals surface area (Å²) >= 11 is 3.47. The molecule has 5 heteroatoms. The van der Waals surface area contributed by atoms with Gasteiger partial charge in [-0.25, -0.2) is 0 Å². The highest BCUT2D eigenvalue weighted by atomic mass is 79.9.